The van der Waals surface area contributed by atoms with Crippen molar-refractivity contribution in [1.29, 1.82) is 0 Å². The summed E-state index contributed by atoms with van der Waals surface area (Å²) in [4.78, 5) is 0. The summed E-state index contributed by atoms with van der Waals surface area (Å²) in [5, 5.41) is 0. The van der Waals surface area contributed by atoms with Gasteiger partial charge in [0, 0.05) is 0 Å². The van der Waals surface area contributed by atoms with Crippen LogP contribution >= 0.6 is 0 Å². The minimum absolute atomic E-state index is 0. The zero-order valence-corrected chi connectivity index (χ0v) is 10.9. The van der Waals surface area contributed by atoms with Crippen LogP contribution in [0.1, 0.15) is 20.8 Å². The van der Waals surface area contributed by atoms with Crippen molar-refractivity contribution in [2.24, 2.45) is 0 Å². The van der Waals surface area contributed by atoms with Gasteiger partial charge in [-0.05, 0) is 0 Å². The molecule has 0 rings (SSSR count). The molecule has 3 heteroatoms. The minimum atomic E-state index is -1.27. The Hall–Kier alpha value is 0.833. The van der Waals surface area contributed by atoms with E-state index in [0.29, 0.717) is 0 Å². The summed E-state index contributed by atoms with van der Waals surface area (Å²) in [6.07, 6.45) is 7.12. The van der Waals surface area contributed by atoms with Crippen molar-refractivity contribution in [2.45, 2.75) is 38.9 Å². The molecule has 0 heterocycles. The van der Waals surface area contributed by atoms with Crippen molar-refractivity contribution >= 4 is 31.1 Å². The molecule has 0 aromatic heterocycles. The van der Waals surface area contributed by atoms with Gasteiger partial charge in [0.2, 0.25) is 0 Å². The Labute approximate surface area is 94.1 Å². The average Bonchev–Trinajstić information content (AvgIpc) is 1.95. The molecule has 60 valence electrons. The summed E-state index contributed by atoms with van der Waals surface area (Å²) in [5.74, 6) is 0. The Balaban J connectivity index is -0.000000320. The standard InChI is InChI=1S/C8H15Si.ClH.Mg/c1-5-9(6-2,7-3)8-4;;/h5-7H2,1-3H3;1H;/q-1;;+2/p-1. The summed E-state index contributed by atoms with van der Waals surface area (Å²) in [6.45, 7) is 6.54. The number of hydrogen-bond donors (Lipinski definition) is 0. The zero-order valence-electron chi connectivity index (χ0n) is 7.71. The summed E-state index contributed by atoms with van der Waals surface area (Å²) < 4.78 is 0. The fourth-order valence-electron chi connectivity index (χ4n) is 1.02. The molecule has 0 fully saturated rings. The molecule has 11 heavy (non-hydrogen) atoms. The molecule has 0 unspecified atom stereocenters. The van der Waals surface area contributed by atoms with Crippen LogP contribution in [0.2, 0.25) is 18.1 Å². The molecule has 0 radical (unpaired) electrons. The topological polar surface area (TPSA) is 0 Å². The third-order valence-corrected chi connectivity index (χ3v) is 6.89. The monoisotopic (exact) mass is 198 g/mol. The minimum Gasteiger partial charge on any atom is -1.00 e. The van der Waals surface area contributed by atoms with Gasteiger partial charge in [-0.15, -0.1) is 0 Å². The van der Waals surface area contributed by atoms with Crippen LogP contribution in [-0.4, -0.2) is 31.1 Å². The average molecular weight is 199 g/mol. The van der Waals surface area contributed by atoms with Gasteiger partial charge in [0.25, 0.3) is 0 Å². The predicted molar refractivity (Wildman–Crippen MR) is 50.1 cm³/mol. The fourth-order valence-corrected chi connectivity index (χ4v) is 3.05. The van der Waals surface area contributed by atoms with Crippen LogP contribution < -0.4 is 12.4 Å². The van der Waals surface area contributed by atoms with E-state index in [1.165, 1.54) is 18.1 Å². The van der Waals surface area contributed by atoms with Crippen molar-refractivity contribution in [3.05, 3.63) is 6.42 Å². The van der Waals surface area contributed by atoms with Crippen molar-refractivity contribution < 1.29 is 12.4 Å². The molecule has 0 N–H and O–H groups in total. The molecular weight excluding hydrogens is 184 g/mol. The Morgan fingerprint density at radius 1 is 1.09 bits per heavy atom. The first-order chi connectivity index (χ1) is 4.24. The van der Waals surface area contributed by atoms with Crippen molar-refractivity contribution in [1.82, 2.24) is 0 Å². The molecule has 0 saturated carbocycles. The van der Waals surface area contributed by atoms with E-state index in [2.05, 4.69) is 26.3 Å². The maximum Gasteiger partial charge on any atom is 2.00 e. The molecule has 0 aromatic rings. The second-order valence-electron chi connectivity index (χ2n) is 2.47. The van der Waals surface area contributed by atoms with Gasteiger partial charge in [-0.3, -0.25) is 0 Å². The Kier molecular flexibility index (Phi) is 14.4. The second-order valence-corrected chi connectivity index (χ2v) is 7.40. The van der Waals surface area contributed by atoms with Crippen molar-refractivity contribution in [2.75, 3.05) is 0 Å². The smallest absolute Gasteiger partial charge is 1.00 e. The molecule has 0 spiro atoms. The summed E-state index contributed by atoms with van der Waals surface area (Å²) in [5.41, 5.74) is 2.75. The molecule has 0 aliphatic carbocycles. The molecule has 0 nitrogen and oxygen atoms in total. The summed E-state index contributed by atoms with van der Waals surface area (Å²) in [6, 6.07) is 3.55. The van der Waals surface area contributed by atoms with Gasteiger partial charge >= 0.3 is 23.1 Å². The van der Waals surface area contributed by atoms with Gasteiger partial charge in [-0.1, -0.05) is 38.9 Å². The van der Waals surface area contributed by atoms with Gasteiger partial charge in [-0.2, -0.15) is 0 Å². The van der Waals surface area contributed by atoms with E-state index in [0.717, 1.165) is 0 Å². The molecular formula is C8H15ClMgSi. The number of halogens is 1. The number of rotatable bonds is 3. The third-order valence-electron chi connectivity index (χ3n) is 2.30. The molecule has 0 aliphatic rings. The van der Waals surface area contributed by atoms with Crippen LogP contribution in [0, 0.1) is 12.0 Å². The van der Waals surface area contributed by atoms with E-state index < -0.39 is 8.07 Å². The molecule has 0 amide bonds. The summed E-state index contributed by atoms with van der Waals surface area (Å²) >= 11 is 0. The van der Waals surface area contributed by atoms with E-state index in [-0.39, 0.29) is 35.5 Å². The zero-order chi connectivity index (χ0) is 7.33. The maximum absolute atomic E-state index is 7.12. The molecule has 0 aromatic carbocycles. The predicted octanol–water partition coefficient (Wildman–Crippen LogP) is -0.753. The molecule has 0 bridgehead atoms. The van der Waals surface area contributed by atoms with Gasteiger partial charge < -0.3 is 24.4 Å². The quantitative estimate of drug-likeness (QED) is 0.318. The van der Waals surface area contributed by atoms with Gasteiger partial charge in [0.1, 0.15) is 0 Å². The third kappa shape index (κ3) is 5.13. The Morgan fingerprint density at radius 2 is 1.36 bits per heavy atom. The van der Waals surface area contributed by atoms with Gasteiger partial charge in [0.05, 0.1) is 8.07 Å². The second kappa shape index (κ2) is 8.93. The van der Waals surface area contributed by atoms with Crippen LogP contribution in [0.5, 0.6) is 0 Å². The summed E-state index contributed by atoms with van der Waals surface area (Å²) in [7, 11) is -1.27. The van der Waals surface area contributed by atoms with Crippen LogP contribution in [0.3, 0.4) is 0 Å². The molecule has 0 saturated heterocycles. The van der Waals surface area contributed by atoms with E-state index in [1.54, 1.807) is 0 Å². The van der Waals surface area contributed by atoms with E-state index in [9.17, 15) is 0 Å². The normalized spacial score (nSPS) is 8.91. The SMILES string of the molecule is [C-]#C[Si](CC)(CC)CC.[Cl-].[Mg+2]. The van der Waals surface area contributed by atoms with E-state index in [1.807, 2.05) is 0 Å². The van der Waals surface area contributed by atoms with Crippen LogP contribution in [0.25, 0.3) is 0 Å². The first-order valence-electron chi connectivity index (χ1n) is 3.68. The Bertz CT molecular complexity index is 107. The van der Waals surface area contributed by atoms with E-state index in [4.69, 9.17) is 6.42 Å². The van der Waals surface area contributed by atoms with Gasteiger partial charge in [0.15, 0.2) is 0 Å². The van der Waals surface area contributed by atoms with Crippen LogP contribution in [-0.2, 0) is 0 Å². The fraction of sp³-hybridized carbons (Fsp3) is 0.750. The van der Waals surface area contributed by atoms with Crippen LogP contribution in [0.15, 0.2) is 0 Å². The van der Waals surface area contributed by atoms with Gasteiger partial charge in [-0.25, -0.2) is 0 Å². The maximum atomic E-state index is 7.12. The first-order valence-corrected chi connectivity index (χ1v) is 6.30. The number of hydrogen-bond acceptors (Lipinski definition) is 0. The first kappa shape index (κ1) is 17.8. The molecule has 0 aliphatic heterocycles. The van der Waals surface area contributed by atoms with Crippen LogP contribution in [0.4, 0.5) is 0 Å². The van der Waals surface area contributed by atoms with Crippen molar-refractivity contribution in [3.8, 4) is 5.54 Å². The van der Waals surface area contributed by atoms with E-state index >= 15 is 0 Å². The van der Waals surface area contributed by atoms with Crippen molar-refractivity contribution in [3.63, 3.8) is 0 Å². The largest absolute Gasteiger partial charge is 2.00 e. The molecule has 0 atom stereocenters. The Morgan fingerprint density at radius 3 is 1.36 bits per heavy atom.